The summed E-state index contributed by atoms with van der Waals surface area (Å²) in [6, 6.07) is 10.1. The lowest BCUT2D eigenvalue weighted by Gasteiger charge is -2.13. The van der Waals surface area contributed by atoms with Gasteiger partial charge in [-0.15, -0.1) is 0 Å². The molecule has 0 amide bonds. The number of amidine groups is 1. The molecule has 1 fully saturated rings. The van der Waals surface area contributed by atoms with E-state index in [1.54, 1.807) is 6.20 Å². The molecule has 1 aliphatic rings. The van der Waals surface area contributed by atoms with Gasteiger partial charge in [0.2, 0.25) is 5.96 Å². The monoisotopic (exact) mass is 342 g/mol. The van der Waals surface area contributed by atoms with Crippen molar-refractivity contribution in [3.8, 4) is 0 Å². The largest absolute Gasteiger partial charge is 0.380 e. The van der Waals surface area contributed by atoms with Crippen LogP contribution in [0.4, 0.5) is 0 Å². The number of aromatic amines is 1. The van der Waals surface area contributed by atoms with Crippen molar-refractivity contribution in [2.24, 2.45) is 16.5 Å². The van der Waals surface area contributed by atoms with E-state index in [-0.39, 0.29) is 24.0 Å². The molecule has 3 rings (SSSR count). The van der Waals surface area contributed by atoms with Gasteiger partial charge < -0.3 is 25.9 Å². The first-order chi connectivity index (χ1) is 12.1. The van der Waals surface area contributed by atoms with Crippen molar-refractivity contribution in [2.45, 2.75) is 31.7 Å². The Morgan fingerprint density at radius 2 is 2.12 bits per heavy atom. The van der Waals surface area contributed by atoms with E-state index < -0.39 is 0 Å². The summed E-state index contributed by atoms with van der Waals surface area (Å²) in [6.45, 7) is 1.14. The molecule has 6 N–H and O–H groups in total. The highest BCUT2D eigenvalue weighted by Crippen LogP contribution is 2.31. The average molecular weight is 342 g/mol. The molecule has 1 aromatic carbocycles. The minimum absolute atomic E-state index is 0.0590. The van der Waals surface area contributed by atoms with Crippen molar-refractivity contribution in [3.05, 3.63) is 53.6 Å². The van der Waals surface area contributed by atoms with E-state index in [9.17, 15) is 0 Å². The van der Waals surface area contributed by atoms with Crippen LogP contribution in [0.2, 0.25) is 0 Å². The van der Waals surface area contributed by atoms with Gasteiger partial charge in [-0.1, -0.05) is 30.3 Å². The standard InChI is InChI=1S/C17H22N6O2/c18-15(23-17(19)20)16-21-8-13(22-16)14-7-6-12(25-14)10-24-9-11-4-2-1-3-5-11/h1-5,8,12,14H,6-7,9-10H2,(H,21,22)(H5,18,19,20,23)/t12-,14+/m0/s1. The Morgan fingerprint density at radius 1 is 1.32 bits per heavy atom. The zero-order valence-corrected chi connectivity index (χ0v) is 13.8. The Kier molecular flexibility index (Phi) is 5.42. The zero-order chi connectivity index (χ0) is 17.6. The molecule has 132 valence electrons. The number of aliphatic imine (C=N–C) groups is 1. The maximum atomic E-state index is 7.13. The van der Waals surface area contributed by atoms with Gasteiger partial charge in [0.25, 0.3) is 0 Å². The topological polar surface area (TPSA) is 135 Å². The van der Waals surface area contributed by atoms with Crippen LogP contribution in [0.15, 0.2) is 41.5 Å². The van der Waals surface area contributed by atoms with Crippen LogP contribution in [0.25, 0.3) is 0 Å². The van der Waals surface area contributed by atoms with Gasteiger partial charge in [-0.2, -0.15) is 4.99 Å². The Morgan fingerprint density at radius 3 is 2.88 bits per heavy atom. The average Bonchev–Trinajstić information content (AvgIpc) is 3.24. The number of rotatable bonds is 6. The normalized spacial score (nSPS) is 20.7. The molecule has 2 heterocycles. The molecule has 25 heavy (non-hydrogen) atoms. The van der Waals surface area contributed by atoms with E-state index in [0.29, 0.717) is 19.0 Å². The van der Waals surface area contributed by atoms with Gasteiger partial charge in [0, 0.05) is 0 Å². The fraction of sp³-hybridized carbons (Fsp3) is 0.353. The molecule has 0 aliphatic carbocycles. The van der Waals surface area contributed by atoms with E-state index in [4.69, 9.17) is 26.4 Å². The lowest BCUT2D eigenvalue weighted by atomic mass is 10.1. The van der Waals surface area contributed by atoms with Crippen molar-refractivity contribution in [2.75, 3.05) is 6.61 Å². The summed E-state index contributed by atoms with van der Waals surface area (Å²) in [5.74, 6) is 0.111. The summed E-state index contributed by atoms with van der Waals surface area (Å²) in [6.07, 6.45) is 3.46. The SMILES string of the molecule is N=C(N)N=C(N)c1ncc([C@H]2CC[C@@H](COCc3ccccc3)O2)[nH]1. The Balaban J connectivity index is 1.49. The van der Waals surface area contributed by atoms with Crippen molar-refractivity contribution in [1.82, 2.24) is 9.97 Å². The first-order valence-corrected chi connectivity index (χ1v) is 8.12. The van der Waals surface area contributed by atoms with Crippen LogP contribution >= 0.6 is 0 Å². The van der Waals surface area contributed by atoms with Crippen molar-refractivity contribution >= 4 is 11.8 Å². The number of imidazole rings is 1. The van der Waals surface area contributed by atoms with Crippen molar-refractivity contribution in [1.29, 1.82) is 5.41 Å². The van der Waals surface area contributed by atoms with Crippen LogP contribution in [0, 0.1) is 5.41 Å². The highest BCUT2D eigenvalue weighted by molar-refractivity contribution is 6.01. The third-order valence-electron chi connectivity index (χ3n) is 3.95. The lowest BCUT2D eigenvalue weighted by Crippen LogP contribution is -2.20. The molecule has 0 spiro atoms. The molecule has 0 bridgehead atoms. The van der Waals surface area contributed by atoms with Crippen LogP contribution < -0.4 is 11.5 Å². The first kappa shape index (κ1) is 17.1. The number of nitrogens with two attached hydrogens (primary N) is 2. The smallest absolute Gasteiger partial charge is 0.214 e. The van der Waals surface area contributed by atoms with Gasteiger partial charge in [-0.25, -0.2) is 4.98 Å². The summed E-state index contributed by atoms with van der Waals surface area (Å²) in [5, 5.41) is 7.13. The van der Waals surface area contributed by atoms with Gasteiger partial charge >= 0.3 is 0 Å². The highest BCUT2D eigenvalue weighted by Gasteiger charge is 2.28. The molecule has 1 aliphatic heterocycles. The number of hydrogen-bond acceptors (Lipinski definition) is 4. The van der Waals surface area contributed by atoms with Gasteiger partial charge in [0.05, 0.1) is 37.3 Å². The van der Waals surface area contributed by atoms with Crippen molar-refractivity contribution < 1.29 is 9.47 Å². The number of hydrogen-bond donors (Lipinski definition) is 4. The second-order valence-electron chi connectivity index (χ2n) is 5.89. The summed E-state index contributed by atoms with van der Waals surface area (Å²) in [5.41, 5.74) is 12.9. The molecule has 8 nitrogen and oxygen atoms in total. The molecule has 2 atom stereocenters. The van der Waals surface area contributed by atoms with Gasteiger partial charge in [0.1, 0.15) is 0 Å². The number of benzene rings is 1. The highest BCUT2D eigenvalue weighted by atomic mass is 16.5. The van der Waals surface area contributed by atoms with E-state index in [1.165, 1.54) is 0 Å². The number of guanidine groups is 1. The molecular formula is C17H22N6O2. The van der Waals surface area contributed by atoms with Gasteiger partial charge in [-0.3, -0.25) is 5.41 Å². The summed E-state index contributed by atoms with van der Waals surface area (Å²) in [7, 11) is 0. The molecule has 8 heteroatoms. The van der Waals surface area contributed by atoms with Crippen molar-refractivity contribution in [3.63, 3.8) is 0 Å². The van der Waals surface area contributed by atoms with E-state index >= 15 is 0 Å². The number of nitrogens with zero attached hydrogens (tertiary/aromatic N) is 2. The van der Waals surface area contributed by atoms with E-state index in [1.807, 2.05) is 30.3 Å². The molecular weight excluding hydrogens is 320 g/mol. The quantitative estimate of drug-likeness (QED) is 0.465. The second kappa shape index (κ2) is 7.91. The van der Waals surface area contributed by atoms with Crippen LogP contribution in [0.3, 0.4) is 0 Å². The molecule has 0 radical (unpaired) electrons. The Hall–Kier alpha value is -2.71. The molecule has 0 unspecified atom stereocenters. The minimum atomic E-state index is -0.358. The van der Waals surface area contributed by atoms with Crippen LogP contribution in [-0.2, 0) is 16.1 Å². The number of aromatic nitrogens is 2. The number of nitrogens with one attached hydrogen (secondary N) is 2. The lowest BCUT2D eigenvalue weighted by molar-refractivity contribution is -0.0215. The van der Waals surface area contributed by atoms with Crippen LogP contribution in [0.5, 0.6) is 0 Å². The van der Waals surface area contributed by atoms with Crippen LogP contribution in [-0.4, -0.2) is 34.5 Å². The number of H-pyrrole nitrogens is 1. The van der Waals surface area contributed by atoms with E-state index in [2.05, 4.69) is 15.0 Å². The summed E-state index contributed by atoms with van der Waals surface area (Å²) >= 11 is 0. The number of ether oxygens (including phenoxy) is 2. The van der Waals surface area contributed by atoms with Gasteiger partial charge in [-0.05, 0) is 18.4 Å². The third kappa shape index (κ3) is 4.65. The Bertz CT molecular complexity index is 743. The molecule has 0 saturated carbocycles. The van der Waals surface area contributed by atoms with E-state index in [0.717, 1.165) is 24.1 Å². The molecule has 2 aromatic rings. The predicted octanol–water partition coefficient (Wildman–Crippen LogP) is 1.45. The fourth-order valence-electron chi connectivity index (χ4n) is 2.75. The molecule has 1 aromatic heterocycles. The Labute approximate surface area is 145 Å². The molecule has 1 saturated heterocycles. The third-order valence-corrected chi connectivity index (χ3v) is 3.95. The maximum absolute atomic E-state index is 7.13. The summed E-state index contributed by atoms with van der Waals surface area (Å²) < 4.78 is 11.8. The predicted molar refractivity (Wildman–Crippen MR) is 94.2 cm³/mol. The first-order valence-electron chi connectivity index (χ1n) is 8.12. The summed E-state index contributed by atoms with van der Waals surface area (Å²) in [4.78, 5) is 10.9. The minimum Gasteiger partial charge on any atom is -0.380 e. The van der Waals surface area contributed by atoms with Gasteiger partial charge in [0.15, 0.2) is 11.7 Å². The van der Waals surface area contributed by atoms with Crippen LogP contribution in [0.1, 0.15) is 36.0 Å². The maximum Gasteiger partial charge on any atom is 0.214 e. The zero-order valence-electron chi connectivity index (χ0n) is 13.8. The second-order valence-corrected chi connectivity index (χ2v) is 5.89. The fourth-order valence-corrected chi connectivity index (χ4v) is 2.75.